The highest BCUT2D eigenvalue weighted by atomic mass is 32.2. The van der Waals surface area contributed by atoms with E-state index in [1.165, 1.54) is 96.3 Å². The van der Waals surface area contributed by atoms with Crippen LogP contribution in [0.15, 0.2) is 48.6 Å². The van der Waals surface area contributed by atoms with Gasteiger partial charge >= 0.3 is 11.9 Å². The largest absolute Gasteiger partial charge is 0.462 e. The van der Waals surface area contributed by atoms with Crippen molar-refractivity contribution in [3.8, 4) is 0 Å². The van der Waals surface area contributed by atoms with Crippen LogP contribution in [0.5, 0.6) is 0 Å². The van der Waals surface area contributed by atoms with E-state index in [1.54, 1.807) is 0 Å². The molecule has 4 N–H and O–H groups in total. The Labute approximate surface area is 363 Å². The maximum atomic E-state index is 12.8. The Kier molecular flexibility index (Phi) is 34.5. The highest BCUT2D eigenvalue weighted by molar-refractivity contribution is 7.85. The molecule has 348 valence electrons. The molecule has 0 aromatic heterocycles. The fourth-order valence-corrected chi connectivity index (χ4v) is 7.56. The van der Waals surface area contributed by atoms with Crippen LogP contribution < -0.4 is 0 Å². The number of carbonyl (C=O) groups excluding carboxylic acids is 2. The predicted octanol–water partition coefficient (Wildman–Crippen LogP) is 9.56. The van der Waals surface area contributed by atoms with Gasteiger partial charge in [0.05, 0.1) is 6.61 Å². The zero-order chi connectivity index (χ0) is 44.1. The molecule has 1 rings (SSSR count). The van der Waals surface area contributed by atoms with E-state index in [2.05, 4.69) is 44.2 Å². The van der Waals surface area contributed by atoms with Crippen molar-refractivity contribution in [2.45, 2.75) is 218 Å². The van der Waals surface area contributed by atoms with Gasteiger partial charge in [-0.25, -0.2) is 0 Å². The minimum absolute atomic E-state index is 0.0436. The first-order chi connectivity index (χ1) is 29.0. The number of esters is 2. The molecular formula is C47H82O12S. The number of rotatable bonds is 38. The summed E-state index contributed by atoms with van der Waals surface area (Å²) in [4.78, 5) is 25.4. The zero-order valence-electron chi connectivity index (χ0n) is 37.1. The summed E-state index contributed by atoms with van der Waals surface area (Å²) in [6.07, 6.45) is 34.7. The van der Waals surface area contributed by atoms with Gasteiger partial charge in [-0.1, -0.05) is 178 Å². The molecule has 1 saturated heterocycles. The van der Waals surface area contributed by atoms with Crippen LogP contribution in [-0.4, -0.2) is 96.0 Å². The van der Waals surface area contributed by atoms with Gasteiger partial charge in [-0.15, -0.1) is 0 Å². The maximum absolute atomic E-state index is 12.8. The lowest BCUT2D eigenvalue weighted by atomic mass is 10.00. The van der Waals surface area contributed by atoms with Gasteiger partial charge in [0.15, 0.2) is 12.4 Å². The number of aliphatic hydroxyl groups excluding tert-OH is 3. The molecule has 0 aromatic rings. The lowest BCUT2D eigenvalue weighted by Crippen LogP contribution is -2.60. The molecule has 13 heteroatoms. The Balaban J connectivity index is 2.43. The summed E-state index contributed by atoms with van der Waals surface area (Å²) in [6, 6.07) is 0. The molecule has 6 unspecified atom stereocenters. The second kappa shape index (κ2) is 37.2. The number of hydrogen-bond acceptors (Lipinski definition) is 11. The highest BCUT2D eigenvalue weighted by Crippen LogP contribution is 2.24. The average Bonchev–Trinajstić information content (AvgIpc) is 3.21. The molecule has 0 amide bonds. The summed E-state index contributed by atoms with van der Waals surface area (Å²) < 4.78 is 54.0. The molecule has 1 aliphatic rings. The first-order valence-corrected chi connectivity index (χ1v) is 24.8. The van der Waals surface area contributed by atoms with Crippen LogP contribution in [0.2, 0.25) is 0 Å². The van der Waals surface area contributed by atoms with Crippen molar-refractivity contribution < 1.29 is 56.8 Å². The fraction of sp³-hybridized carbons (Fsp3) is 0.787. The Morgan fingerprint density at radius 2 is 1.05 bits per heavy atom. The summed E-state index contributed by atoms with van der Waals surface area (Å²) in [7, 11) is -4.61. The first-order valence-electron chi connectivity index (χ1n) is 23.2. The van der Waals surface area contributed by atoms with Crippen molar-refractivity contribution in [1.29, 1.82) is 0 Å². The minimum Gasteiger partial charge on any atom is -0.462 e. The second-order valence-corrected chi connectivity index (χ2v) is 17.5. The molecule has 0 spiro atoms. The average molecular weight is 871 g/mol. The first kappa shape index (κ1) is 55.6. The van der Waals surface area contributed by atoms with Gasteiger partial charge in [0.2, 0.25) is 0 Å². The standard InChI is InChI=1S/C47H82O12S/c1-3-5-7-9-11-13-15-17-18-19-20-21-22-24-25-27-29-31-33-35-42(48)56-37-40(38-57-47-46(52)45(51)44(50)41(59-47)39-60(53,54)55)58-43(49)36-34-32-30-28-26-23-16-14-12-10-8-6-4-2/h6,8,12,14,23,26,30,32,40-41,44-47,50-52H,3-5,7,9-11,13,15-22,24-25,27-29,31,33-39H2,1-2H3,(H,53,54,55)/b8-6-,14-12-,26-23-,32-30-. The molecule has 0 radical (unpaired) electrons. The highest BCUT2D eigenvalue weighted by Gasteiger charge is 2.46. The summed E-state index contributed by atoms with van der Waals surface area (Å²) in [5, 5.41) is 30.9. The van der Waals surface area contributed by atoms with E-state index in [-0.39, 0.29) is 19.4 Å². The van der Waals surface area contributed by atoms with Gasteiger partial charge in [0.25, 0.3) is 10.1 Å². The summed E-state index contributed by atoms with van der Waals surface area (Å²) in [5.74, 6) is -2.08. The zero-order valence-corrected chi connectivity index (χ0v) is 37.9. The van der Waals surface area contributed by atoms with Gasteiger partial charge in [-0.05, 0) is 38.5 Å². The van der Waals surface area contributed by atoms with Gasteiger partial charge in [0.1, 0.15) is 36.8 Å². The van der Waals surface area contributed by atoms with Crippen molar-refractivity contribution in [2.24, 2.45) is 0 Å². The van der Waals surface area contributed by atoms with Crippen molar-refractivity contribution in [3.63, 3.8) is 0 Å². The fourth-order valence-electron chi connectivity index (χ4n) is 6.87. The van der Waals surface area contributed by atoms with Crippen LogP contribution in [0.25, 0.3) is 0 Å². The van der Waals surface area contributed by atoms with E-state index in [9.17, 15) is 37.9 Å². The van der Waals surface area contributed by atoms with Crippen molar-refractivity contribution >= 4 is 22.1 Å². The summed E-state index contributed by atoms with van der Waals surface area (Å²) in [6.45, 7) is 3.59. The monoisotopic (exact) mass is 871 g/mol. The minimum atomic E-state index is -4.61. The molecule has 1 heterocycles. The van der Waals surface area contributed by atoms with Crippen LogP contribution in [0, 0.1) is 0 Å². The molecule has 0 aromatic carbocycles. The Hall–Kier alpha value is -2.39. The van der Waals surface area contributed by atoms with Crippen LogP contribution in [0.4, 0.5) is 0 Å². The molecule has 1 fully saturated rings. The van der Waals surface area contributed by atoms with Gasteiger partial charge < -0.3 is 34.3 Å². The number of aliphatic hydroxyl groups is 3. The number of allylic oxidation sites excluding steroid dienone is 8. The lowest BCUT2D eigenvalue weighted by Gasteiger charge is -2.40. The van der Waals surface area contributed by atoms with Gasteiger partial charge in [0, 0.05) is 12.8 Å². The molecule has 12 nitrogen and oxygen atoms in total. The van der Waals surface area contributed by atoms with E-state index >= 15 is 0 Å². The second-order valence-electron chi connectivity index (χ2n) is 16.0. The Morgan fingerprint density at radius 3 is 1.53 bits per heavy atom. The van der Waals surface area contributed by atoms with Gasteiger partial charge in [-0.2, -0.15) is 8.42 Å². The molecule has 1 aliphatic heterocycles. The summed E-state index contributed by atoms with van der Waals surface area (Å²) in [5.41, 5.74) is 0. The van der Waals surface area contributed by atoms with Crippen molar-refractivity contribution in [3.05, 3.63) is 48.6 Å². The number of unbranched alkanes of at least 4 members (excludes halogenated alkanes) is 18. The molecular weight excluding hydrogens is 789 g/mol. The third-order valence-corrected chi connectivity index (χ3v) is 11.2. The summed E-state index contributed by atoms with van der Waals surface area (Å²) >= 11 is 0. The normalized spacial score (nSPS) is 20.5. The maximum Gasteiger partial charge on any atom is 0.306 e. The van der Waals surface area contributed by atoms with Crippen molar-refractivity contribution in [2.75, 3.05) is 19.0 Å². The topological polar surface area (TPSA) is 186 Å². The number of carbonyl (C=O) groups is 2. The SMILES string of the molecule is CC/C=C\C/C=C\C/C=C\C/C=C\CCC(=O)OC(COC(=O)CCCCCCCCCCCCCCCCCCCCC)COC1OC(CS(=O)(=O)O)C(O)C(O)C1O. The third-order valence-electron chi connectivity index (χ3n) is 10.4. The quantitative estimate of drug-likeness (QED) is 0.0200. The van der Waals surface area contributed by atoms with E-state index in [0.717, 1.165) is 38.5 Å². The predicted molar refractivity (Wildman–Crippen MR) is 238 cm³/mol. The van der Waals surface area contributed by atoms with Crippen LogP contribution >= 0.6 is 0 Å². The van der Waals surface area contributed by atoms with Crippen LogP contribution in [0.1, 0.15) is 181 Å². The van der Waals surface area contributed by atoms with E-state index in [0.29, 0.717) is 19.3 Å². The number of ether oxygens (including phenoxy) is 4. The Bertz CT molecular complexity index is 1300. The third kappa shape index (κ3) is 31.5. The molecule has 6 atom stereocenters. The van der Waals surface area contributed by atoms with Crippen molar-refractivity contribution in [1.82, 2.24) is 0 Å². The van der Waals surface area contributed by atoms with Gasteiger partial charge in [-0.3, -0.25) is 14.1 Å². The van der Waals surface area contributed by atoms with E-state index in [1.807, 2.05) is 18.2 Å². The molecule has 0 aliphatic carbocycles. The number of hydrogen-bond donors (Lipinski definition) is 4. The molecule has 0 saturated carbocycles. The Morgan fingerprint density at radius 1 is 0.583 bits per heavy atom. The lowest BCUT2D eigenvalue weighted by molar-refractivity contribution is -0.297. The van der Waals surface area contributed by atoms with Crippen LogP contribution in [0.3, 0.4) is 0 Å². The smallest absolute Gasteiger partial charge is 0.306 e. The molecule has 0 bridgehead atoms. The molecule has 60 heavy (non-hydrogen) atoms. The van der Waals surface area contributed by atoms with Crippen LogP contribution in [-0.2, 0) is 38.7 Å². The van der Waals surface area contributed by atoms with E-state index < -0.39 is 71.2 Å². The van der Waals surface area contributed by atoms with E-state index in [4.69, 9.17) is 18.9 Å².